The lowest BCUT2D eigenvalue weighted by Gasteiger charge is -2.15. The number of unbranched alkanes of at least 4 members (excludes halogenated alkanes) is 1. The highest BCUT2D eigenvalue weighted by atomic mass is 19.3. The predicted octanol–water partition coefficient (Wildman–Crippen LogP) is 3.25. The van der Waals surface area contributed by atoms with Gasteiger partial charge in [0.15, 0.2) is 5.96 Å². The smallest absolute Gasteiger partial charge is 0.387 e. The summed E-state index contributed by atoms with van der Waals surface area (Å²) in [6.45, 7) is 3.09. The van der Waals surface area contributed by atoms with Gasteiger partial charge in [-0.1, -0.05) is 17.7 Å². The number of aryl methyl sites for hydroxylation is 3. The number of rotatable bonds is 9. The summed E-state index contributed by atoms with van der Waals surface area (Å²) in [6, 6.07) is 5.13. The highest BCUT2D eigenvalue weighted by Gasteiger charge is 2.10. The van der Waals surface area contributed by atoms with E-state index in [2.05, 4.69) is 29.9 Å². The number of ether oxygens (including phenoxy) is 1. The zero-order chi connectivity index (χ0) is 19.6. The summed E-state index contributed by atoms with van der Waals surface area (Å²) in [7, 11) is 1.68. The molecule has 0 atom stereocenters. The van der Waals surface area contributed by atoms with Gasteiger partial charge >= 0.3 is 6.61 Å². The molecule has 1 aromatic carbocycles. The minimum atomic E-state index is -2.84. The van der Waals surface area contributed by atoms with E-state index in [0.717, 1.165) is 37.3 Å². The Labute approximate surface area is 158 Å². The molecule has 8 heteroatoms. The van der Waals surface area contributed by atoms with Crippen molar-refractivity contribution in [3.63, 3.8) is 0 Å². The van der Waals surface area contributed by atoms with Gasteiger partial charge in [0.25, 0.3) is 0 Å². The molecular formula is C19H27F2N5O. The van der Waals surface area contributed by atoms with E-state index in [1.165, 1.54) is 0 Å². The molecule has 2 rings (SSSR count). The van der Waals surface area contributed by atoms with Gasteiger partial charge in [-0.3, -0.25) is 4.99 Å². The average Bonchev–Trinajstić information content (AvgIpc) is 3.04. The Balaban J connectivity index is 1.77. The van der Waals surface area contributed by atoms with Gasteiger partial charge in [-0.25, -0.2) is 4.98 Å². The second-order valence-corrected chi connectivity index (χ2v) is 6.22. The maximum atomic E-state index is 12.5. The number of guanidine groups is 1. The lowest BCUT2D eigenvalue weighted by atomic mass is 10.1. The molecule has 6 nitrogen and oxygen atoms in total. The SMILES string of the molecule is CN=C(NCCCCn1ccnc1C)NCc1cc(C)ccc1OC(F)F. The van der Waals surface area contributed by atoms with E-state index in [0.29, 0.717) is 18.1 Å². The van der Waals surface area contributed by atoms with Crippen molar-refractivity contribution >= 4 is 5.96 Å². The van der Waals surface area contributed by atoms with E-state index in [1.54, 1.807) is 25.4 Å². The van der Waals surface area contributed by atoms with Gasteiger partial charge in [-0.05, 0) is 32.8 Å². The molecule has 0 amide bonds. The highest BCUT2D eigenvalue weighted by Crippen LogP contribution is 2.21. The van der Waals surface area contributed by atoms with Gasteiger partial charge < -0.3 is 19.9 Å². The Morgan fingerprint density at radius 2 is 2.07 bits per heavy atom. The molecule has 0 bridgehead atoms. The fraction of sp³-hybridized carbons (Fsp3) is 0.474. The van der Waals surface area contributed by atoms with Crippen LogP contribution < -0.4 is 15.4 Å². The largest absolute Gasteiger partial charge is 0.434 e. The van der Waals surface area contributed by atoms with Crippen molar-refractivity contribution in [3.05, 3.63) is 47.5 Å². The van der Waals surface area contributed by atoms with Crippen molar-refractivity contribution in [2.75, 3.05) is 13.6 Å². The van der Waals surface area contributed by atoms with E-state index in [1.807, 2.05) is 26.1 Å². The fourth-order valence-electron chi connectivity index (χ4n) is 2.71. The van der Waals surface area contributed by atoms with Crippen molar-refractivity contribution in [2.24, 2.45) is 4.99 Å². The first-order valence-electron chi connectivity index (χ1n) is 8.96. The number of benzene rings is 1. The Morgan fingerprint density at radius 3 is 2.74 bits per heavy atom. The lowest BCUT2D eigenvalue weighted by Crippen LogP contribution is -2.37. The predicted molar refractivity (Wildman–Crippen MR) is 102 cm³/mol. The molecule has 148 valence electrons. The third kappa shape index (κ3) is 6.88. The molecule has 1 aromatic heterocycles. The van der Waals surface area contributed by atoms with Crippen molar-refractivity contribution in [3.8, 4) is 5.75 Å². The van der Waals surface area contributed by atoms with Gasteiger partial charge in [0.1, 0.15) is 11.6 Å². The summed E-state index contributed by atoms with van der Waals surface area (Å²) >= 11 is 0. The lowest BCUT2D eigenvalue weighted by molar-refractivity contribution is -0.0504. The summed E-state index contributed by atoms with van der Waals surface area (Å²) in [5.41, 5.74) is 1.64. The minimum Gasteiger partial charge on any atom is -0.434 e. The maximum absolute atomic E-state index is 12.5. The molecule has 0 spiro atoms. The number of hydrogen-bond acceptors (Lipinski definition) is 3. The van der Waals surface area contributed by atoms with Crippen LogP contribution in [0.5, 0.6) is 5.75 Å². The van der Waals surface area contributed by atoms with E-state index >= 15 is 0 Å². The van der Waals surface area contributed by atoms with Crippen LogP contribution in [0.3, 0.4) is 0 Å². The second-order valence-electron chi connectivity index (χ2n) is 6.22. The van der Waals surface area contributed by atoms with Crippen molar-refractivity contribution < 1.29 is 13.5 Å². The van der Waals surface area contributed by atoms with Gasteiger partial charge in [0, 0.05) is 44.6 Å². The molecule has 0 radical (unpaired) electrons. The van der Waals surface area contributed by atoms with Crippen LogP contribution in [0.4, 0.5) is 8.78 Å². The molecule has 0 aliphatic heterocycles. The first kappa shape index (κ1) is 20.7. The zero-order valence-corrected chi connectivity index (χ0v) is 16.0. The van der Waals surface area contributed by atoms with Gasteiger partial charge in [-0.15, -0.1) is 0 Å². The Morgan fingerprint density at radius 1 is 1.26 bits per heavy atom. The molecule has 2 aromatic rings. The van der Waals surface area contributed by atoms with E-state index in [-0.39, 0.29) is 5.75 Å². The van der Waals surface area contributed by atoms with Crippen molar-refractivity contribution in [2.45, 2.75) is 46.4 Å². The van der Waals surface area contributed by atoms with E-state index < -0.39 is 6.61 Å². The van der Waals surface area contributed by atoms with Gasteiger partial charge in [0.05, 0.1) is 0 Å². The first-order valence-corrected chi connectivity index (χ1v) is 8.96. The number of hydrogen-bond donors (Lipinski definition) is 2. The fourth-order valence-corrected chi connectivity index (χ4v) is 2.71. The third-order valence-corrected chi connectivity index (χ3v) is 4.14. The van der Waals surface area contributed by atoms with Gasteiger partial charge in [0.2, 0.25) is 0 Å². The molecule has 0 aliphatic rings. The van der Waals surface area contributed by atoms with E-state index in [9.17, 15) is 8.78 Å². The molecule has 1 heterocycles. The number of alkyl halides is 2. The van der Waals surface area contributed by atoms with Crippen LogP contribution in [-0.4, -0.2) is 35.7 Å². The number of aliphatic imine (C=N–C) groups is 1. The summed E-state index contributed by atoms with van der Waals surface area (Å²) in [5, 5.41) is 6.37. The molecule has 0 aliphatic carbocycles. The summed E-state index contributed by atoms with van der Waals surface area (Å²) < 4.78 is 31.8. The summed E-state index contributed by atoms with van der Waals surface area (Å²) in [6.07, 6.45) is 5.77. The number of imidazole rings is 1. The average molecular weight is 379 g/mol. The molecule has 0 unspecified atom stereocenters. The highest BCUT2D eigenvalue weighted by molar-refractivity contribution is 5.79. The minimum absolute atomic E-state index is 0.175. The summed E-state index contributed by atoms with van der Waals surface area (Å²) in [5.74, 6) is 1.81. The monoisotopic (exact) mass is 379 g/mol. The van der Waals surface area contributed by atoms with Gasteiger partial charge in [-0.2, -0.15) is 8.78 Å². The normalized spacial score (nSPS) is 11.7. The van der Waals surface area contributed by atoms with Crippen LogP contribution in [-0.2, 0) is 13.1 Å². The number of aromatic nitrogens is 2. The Hall–Kier alpha value is -2.64. The van der Waals surface area contributed by atoms with Crippen LogP contribution in [0.25, 0.3) is 0 Å². The molecule has 0 saturated carbocycles. The molecular weight excluding hydrogens is 352 g/mol. The zero-order valence-electron chi connectivity index (χ0n) is 16.0. The van der Waals surface area contributed by atoms with Crippen LogP contribution in [0.15, 0.2) is 35.6 Å². The van der Waals surface area contributed by atoms with Crippen molar-refractivity contribution in [1.82, 2.24) is 20.2 Å². The van der Waals surface area contributed by atoms with Crippen LogP contribution in [0, 0.1) is 13.8 Å². The van der Waals surface area contributed by atoms with Crippen LogP contribution in [0.2, 0.25) is 0 Å². The molecule has 27 heavy (non-hydrogen) atoms. The molecule has 0 fully saturated rings. The molecule has 2 N–H and O–H groups in total. The van der Waals surface area contributed by atoms with E-state index in [4.69, 9.17) is 0 Å². The third-order valence-electron chi connectivity index (χ3n) is 4.14. The standard InChI is InChI=1S/C19H27F2N5O/c1-14-6-7-17(27-18(20)21)16(12-14)13-25-19(22-3)24-8-4-5-10-26-11-9-23-15(26)2/h6-7,9,11-12,18H,4-5,8,10,13H2,1-3H3,(H2,22,24,25). The quantitative estimate of drug-likeness (QED) is 0.399. The summed E-state index contributed by atoms with van der Waals surface area (Å²) in [4.78, 5) is 8.37. The topological polar surface area (TPSA) is 63.5 Å². The number of nitrogens with one attached hydrogen (secondary N) is 2. The number of halogens is 2. The second kappa shape index (κ2) is 10.5. The van der Waals surface area contributed by atoms with Crippen LogP contribution in [0.1, 0.15) is 29.8 Å². The van der Waals surface area contributed by atoms with Crippen LogP contribution >= 0.6 is 0 Å². The van der Waals surface area contributed by atoms with Crippen molar-refractivity contribution in [1.29, 1.82) is 0 Å². The molecule has 0 saturated heterocycles. The Bertz CT molecular complexity index is 745. The Kier molecular flexibility index (Phi) is 8.03. The first-order chi connectivity index (χ1) is 13.0. The maximum Gasteiger partial charge on any atom is 0.387 e. The number of nitrogens with zero attached hydrogens (tertiary/aromatic N) is 3.